The van der Waals surface area contributed by atoms with Gasteiger partial charge in [-0.3, -0.25) is 9.28 Å². The summed E-state index contributed by atoms with van der Waals surface area (Å²) in [6, 6.07) is 0. The molecule has 0 aliphatic carbocycles. The van der Waals surface area contributed by atoms with Crippen molar-refractivity contribution in [3.63, 3.8) is 0 Å². The Morgan fingerprint density at radius 1 is 0.903 bits per heavy atom. The number of hydrogen-bond acceptors (Lipinski definition) is 6. The van der Waals surface area contributed by atoms with E-state index in [9.17, 15) is 24.9 Å². The van der Waals surface area contributed by atoms with Gasteiger partial charge in [0, 0.05) is 6.42 Å². The Morgan fingerprint density at radius 2 is 1.42 bits per heavy atom. The molecule has 1 saturated heterocycles. The van der Waals surface area contributed by atoms with Gasteiger partial charge < -0.3 is 26.3 Å². The molecule has 1 fully saturated rings. The maximum absolute atomic E-state index is 11.4. The molecule has 174 valence electrons. The number of carboxylic acid groups (broad SMARTS) is 2. The van der Waals surface area contributed by atoms with E-state index in [0.717, 1.165) is 19.3 Å². The number of hydrogen-bond donors (Lipinski definition) is 3. The van der Waals surface area contributed by atoms with Gasteiger partial charge in [-0.15, -0.1) is 0 Å². The van der Waals surface area contributed by atoms with E-state index in [1.807, 2.05) is 4.90 Å². The molecule has 1 rings (SSSR count). The van der Waals surface area contributed by atoms with E-state index in [2.05, 4.69) is 6.92 Å². The quantitative estimate of drug-likeness (QED) is 0.118. The standard InChI is InChI=1S/C20H38N2O5.2Na.2H2O/c1-2-3-4-5-6-7-8-9-10-11-18-21(16-19(24)25)12-13-22(18,14-15-23)17-20(26)27;;;;/h18,23H,2-17H2,1H3,(H-,24,25,26,27);;;2*1H2/q;2*+1;;/p-1. The van der Waals surface area contributed by atoms with Gasteiger partial charge in [0.2, 0.25) is 0 Å². The van der Waals surface area contributed by atoms with E-state index in [0.29, 0.717) is 19.6 Å². The van der Waals surface area contributed by atoms with Gasteiger partial charge in [0.1, 0.15) is 19.3 Å². The molecule has 0 spiro atoms. The van der Waals surface area contributed by atoms with Crippen LogP contribution in [0.2, 0.25) is 0 Å². The van der Waals surface area contributed by atoms with Crippen molar-refractivity contribution in [3.05, 3.63) is 0 Å². The Kier molecular flexibility index (Phi) is 28.3. The molecule has 0 amide bonds. The first-order chi connectivity index (χ1) is 12.9. The van der Waals surface area contributed by atoms with Crippen LogP contribution in [-0.4, -0.2) is 93.1 Å². The van der Waals surface area contributed by atoms with E-state index in [1.54, 1.807) is 0 Å². The molecule has 9 nitrogen and oxygen atoms in total. The summed E-state index contributed by atoms with van der Waals surface area (Å²) in [6.07, 6.45) is 11.6. The molecular formula is C20H41N2Na2O7+. The van der Waals surface area contributed by atoms with Gasteiger partial charge >= 0.3 is 71.1 Å². The maximum Gasteiger partial charge on any atom is 1.00 e. The van der Waals surface area contributed by atoms with Gasteiger partial charge in [-0.25, -0.2) is 9.69 Å². The first-order valence-electron chi connectivity index (χ1n) is 10.6. The fourth-order valence-electron chi connectivity index (χ4n) is 4.42. The minimum atomic E-state index is -0.891. The van der Waals surface area contributed by atoms with Crippen molar-refractivity contribution in [1.82, 2.24) is 4.90 Å². The van der Waals surface area contributed by atoms with Crippen molar-refractivity contribution < 1.29 is 99.5 Å². The number of quaternary nitrogens is 1. The Bertz CT molecular complexity index is 461. The Balaban J connectivity index is -0.000000911. The molecule has 0 saturated carbocycles. The van der Waals surface area contributed by atoms with E-state index >= 15 is 0 Å². The van der Waals surface area contributed by atoms with Crippen LogP contribution in [0.25, 0.3) is 0 Å². The second-order valence-electron chi connectivity index (χ2n) is 7.90. The molecule has 0 aromatic rings. The van der Waals surface area contributed by atoms with E-state index in [-0.39, 0.29) is 100 Å². The predicted octanol–water partition coefficient (Wildman–Crippen LogP) is -3.82. The van der Waals surface area contributed by atoms with Gasteiger partial charge in [0.15, 0.2) is 6.54 Å². The topological polar surface area (TPSA) is 158 Å². The Hall–Kier alpha value is 0.740. The van der Waals surface area contributed by atoms with Crippen molar-refractivity contribution in [2.75, 3.05) is 39.3 Å². The van der Waals surface area contributed by atoms with Crippen molar-refractivity contribution in [1.29, 1.82) is 0 Å². The van der Waals surface area contributed by atoms with Crippen molar-refractivity contribution >= 4 is 11.9 Å². The van der Waals surface area contributed by atoms with Crippen LogP contribution in [0, 0.1) is 0 Å². The van der Waals surface area contributed by atoms with Crippen LogP contribution in [0.5, 0.6) is 0 Å². The summed E-state index contributed by atoms with van der Waals surface area (Å²) in [4.78, 5) is 24.5. The van der Waals surface area contributed by atoms with Crippen molar-refractivity contribution in [2.24, 2.45) is 0 Å². The maximum atomic E-state index is 11.4. The van der Waals surface area contributed by atoms with Gasteiger partial charge in [-0.1, -0.05) is 58.3 Å². The fourth-order valence-corrected chi connectivity index (χ4v) is 4.42. The predicted molar refractivity (Wildman–Crippen MR) is 108 cm³/mol. The van der Waals surface area contributed by atoms with Gasteiger partial charge in [-0.2, -0.15) is 0 Å². The first kappa shape index (κ1) is 39.0. The zero-order chi connectivity index (χ0) is 20.1. The molecule has 0 aromatic heterocycles. The van der Waals surface area contributed by atoms with Gasteiger partial charge in [-0.05, 0) is 6.42 Å². The average Bonchev–Trinajstić information content (AvgIpc) is 2.90. The van der Waals surface area contributed by atoms with Crippen molar-refractivity contribution in [2.45, 2.75) is 77.3 Å². The molecule has 11 heteroatoms. The summed E-state index contributed by atoms with van der Waals surface area (Å²) in [7, 11) is 0. The second kappa shape index (κ2) is 22.5. The van der Waals surface area contributed by atoms with E-state index in [1.165, 1.54) is 44.9 Å². The zero-order valence-electron chi connectivity index (χ0n) is 19.8. The number of aliphatic hydroxyl groups is 1. The van der Waals surface area contributed by atoms with E-state index < -0.39 is 11.9 Å². The SMILES string of the molecule is CCCCCCCCCCCC1N(CC(=O)O)CC[N+]1(CCO)CC(=O)O.[Na+].[Na+].[OH-].[OH-]. The minimum Gasteiger partial charge on any atom is -0.870 e. The number of aliphatic carboxylic acids is 2. The van der Waals surface area contributed by atoms with Crippen LogP contribution >= 0.6 is 0 Å². The first-order valence-corrected chi connectivity index (χ1v) is 10.6. The number of unbranched alkanes of at least 4 members (excludes halogenated alkanes) is 8. The number of carboxylic acids is 2. The molecule has 1 aliphatic heterocycles. The van der Waals surface area contributed by atoms with Crippen LogP contribution in [0.15, 0.2) is 0 Å². The third kappa shape index (κ3) is 15.3. The van der Waals surface area contributed by atoms with Crippen LogP contribution < -0.4 is 59.1 Å². The normalized spacial score (nSPS) is 20.0. The zero-order valence-corrected chi connectivity index (χ0v) is 23.8. The second-order valence-corrected chi connectivity index (χ2v) is 7.90. The summed E-state index contributed by atoms with van der Waals surface area (Å²) >= 11 is 0. The molecule has 2 unspecified atom stereocenters. The summed E-state index contributed by atoms with van der Waals surface area (Å²) in [6.45, 7) is 3.54. The summed E-state index contributed by atoms with van der Waals surface area (Å²) in [5, 5.41) is 28.0. The fraction of sp³-hybridized carbons (Fsp3) is 0.900. The number of rotatable bonds is 16. The third-order valence-corrected chi connectivity index (χ3v) is 5.79. The van der Waals surface area contributed by atoms with E-state index in [4.69, 9.17) is 0 Å². The summed E-state index contributed by atoms with van der Waals surface area (Å²) in [5.41, 5.74) is 0. The van der Waals surface area contributed by atoms with Gasteiger partial charge in [0.05, 0.1) is 19.7 Å². The monoisotopic (exact) mass is 467 g/mol. The molecule has 5 N–H and O–H groups in total. The van der Waals surface area contributed by atoms with Crippen molar-refractivity contribution in [3.8, 4) is 0 Å². The molecule has 0 aromatic carbocycles. The molecule has 2 atom stereocenters. The largest absolute Gasteiger partial charge is 1.00 e. The summed E-state index contributed by atoms with van der Waals surface area (Å²) in [5.74, 6) is -1.77. The molecule has 0 radical (unpaired) electrons. The Labute approximate surface area is 231 Å². The van der Waals surface area contributed by atoms with Crippen LogP contribution in [0.3, 0.4) is 0 Å². The summed E-state index contributed by atoms with van der Waals surface area (Å²) < 4.78 is 0.274. The Morgan fingerprint density at radius 3 is 1.87 bits per heavy atom. The van der Waals surface area contributed by atoms with Gasteiger partial charge in [0.25, 0.3) is 0 Å². The molecular weight excluding hydrogens is 426 g/mol. The van der Waals surface area contributed by atoms with Crippen LogP contribution in [-0.2, 0) is 9.59 Å². The smallest absolute Gasteiger partial charge is 0.870 e. The molecule has 31 heavy (non-hydrogen) atoms. The minimum absolute atomic E-state index is 0. The molecule has 0 bridgehead atoms. The molecule has 1 aliphatic rings. The molecule has 1 heterocycles. The number of carbonyl (C=O) groups is 2. The van der Waals surface area contributed by atoms with Crippen LogP contribution in [0.1, 0.15) is 71.1 Å². The average molecular weight is 468 g/mol. The van der Waals surface area contributed by atoms with Crippen LogP contribution in [0.4, 0.5) is 0 Å². The third-order valence-electron chi connectivity index (χ3n) is 5.79. The number of aliphatic hydroxyl groups excluding tert-OH is 1. The number of nitrogens with zero attached hydrogens (tertiary/aromatic N) is 2.